The summed E-state index contributed by atoms with van der Waals surface area (Å²) in [5.41, 5.74) is 3.14. The second kappa shape index (κ2) is 7.94. The Morgan fingerprint density at radius 3 is 2.04 bits per heavy atom. The van der Waals surface area contributed by atoms with Crippen LogP contribution in [0.25, 0.3) is 0 Å². The molecule has 0 saturated heterocycles. The summed E-state index contributed by atoms with van der Waals surface area (Å²) < 4.78 is 5.55. The first-order valence-electron chi connectivity index (χ1n) is 8.03. The van der Waals surface area contributed by atoms with Gasteiger partial charge in [0.1, 0.15) is 12.5 Å². The molecule has 0 aliphatic heterocycles. The SMILES string of the molecule is N#Cc1cccc(COC(=O)C(c2ccccc2)c2ccccc2)c1. The quantitative estimate of drug-likeness (QED) is 0.651. The van der Waals surface area contributed by atoms with Crippen LogP contribution >= 0.6 is 0 Å². The van der Waals surface area contributed by atoms with E-state index in [9.17, 15) is 4.79 Å². The minimum absolute atomic E-state index is 0.143. The highest BCUT2D eigenvalue weighted by atomic mass is 16.5. The van der Waals surface area contributed by atoms with Gasteiger partial charge < -0.3 is 4.74 Å². The third kappa shape index (κ3) is 4.13. The van der Waals surface area contributed by atoms with Crippen LogP contribution in [0.15, 0.2) is 84.9 Å². The Morgan fingerprint density at radius 1 is 0.880 bits per heavy atom. The first-order chi connectivity index (χ1) is 12.3. The van der Waals surface area contributed by atoms with E-state index in [0.717, 1.165) is 16.7 Å². The number of nitriles is 1. The summed E-state index contributed by atoms with van der Waals surface area (Å²) >= 11 is 0. The monoisotopic (exact) mass is 327 g/mol. The Balaban J connectivity index is 1.81. The van der Waals surface area contributed by atoms with Gasteiger partial charge in [-0.15, -0.1) is 0 Å². The van der Waals surface area contributed by atoms with Crippen molar-refractivity contribution in [3.05, 3.63) is 107 Å². The highest BCUT2D eigenvalue weighted by molar-refractivity contribution is 5.82. The lowest BCUT2D eigenvalue weighted by Crippen LogP contribution is -2.17. The predicted molar refractivity (Wildman–Crippen MR) is 95.7 cm³/mol. The third-order valence-corrected chi connectivity index (χ3v) is 3.94. The molecule has 0 aromatic heterocycles. The van der Waals surface area contributed by atoms with Gasteiger partial charge in [0.25, 0.3) is 0 Å². The third-order valence-electron chi connectivity index (χ3n) is 3.94. The van der Waals surface area contributed by atoms with Gasteiger partial charge in [-0.1, -0.05) is 72.8 Å². The van der Waals surface area contributed by atoms with E-state index in [1.807, 2.05) is 66.7 Å². The summed E-state index contributed by atoms with van der Waals surface area (Å²) in [6, 6.07) is 28.4. The summed E-state index contributed by atoms with van der Waals surface area (Å²) in [6.45, 7) is 0.143. The minimum Gasteiger partial charge on any atom is -0.460 e. The topological polar surface area (TPSA) is 50.1 Å². The van der Waals surface area contributed by atoms with Gasteiger partial charge in [0, 0.05) is 0 Å². The van der Waals surface area contributed by atoms with Crippen LogP contribution in [0.1, 0.15) is 28.2 Å². The minimum atomic E-state index is -0.471. The fourth-order valence-corrected chi connectivity index (χ4v) is 2.72. The Labute approximate surface area is 147 Å². The molecule has 0 aliphatic carbocycles. The maximum atomic E-state index is 12.8. The number of carbonyl (C=O) groups is 1. The fraction of sp³-hybridized carbons (Fsp3) is 0.0909. The van der Waals surface area contributed by atoms with Gasteiger partial charge in [0.2, 0.25) is 0 Å². The van der Waals surface area contributed by atoms with E-state index < -0.39 is 5.92 Å². The molecule has 0 bridgehead atoms. The second-order valence-corrected chi connectivity index (χ2v) is 5.67. The maximum absolute atomic E-state index is 12.8. The molecule has 3 rings (SSSR count). The van der Waals surface area contributed by atoms with Crippen LogP contribution in [0.4, 0.5) is 0 Å². The van der Waals surface area contributed by atoms with Crippen molar-refractivity contribution in [1.29, 1.82) is 5.26 Å². The standard InChI is InChI=1S/C22H17NO2/c23-15-17-8-7-9-18(14-17)16-25-22(24)21(19-10-3-1-4-11-19)20-12-5-2-6-13-20/h1-14,21H,16H2. The maximum Gasteiger partial charge on any atom is 0.318 e. The van der Waals surface area contributed by atoms with Crippen molar-refractivity contribution in [3.8, 4) is 6.07 Å². The molecule has 122 valence electrons. The smallest absolute Gasteiger partial charge is 0.318 e. The Kier molecular flexibility index (Phi) is 5.23. The van der Waals surface area contributed by atoms with Gasteiger partial charge >= 0.3 is 5.97 Å². The van der Waals surface area contributed by atoms with E-state index >= 15 is 0 Å². The van der Waals surface area contributed by atoms with Gasteiger partial charge in [0.05, 0.1) is 11.6 Å². The summed E-state index contributed by atoms with van der Waals surface area (Å²) in [4.78, 5) is 12.8. The number of esters is 1. The molecule has 0 amide bonds. The Hall–Kier alpha value is -3.38. The van der Waals surface area contributed by atoms with Crippen LogP contribution in [0.5, 0.6) is 0 Å². The van der Waals surface area contributed by atoms with Crippen LogP contribution in [-0.4, -0.2) is 5.97 Å². The van der Waals surface area contributed by atoms with E-state index in [0.29, 0.717) is 5.56 Å². The summed E-state index contributed by atoms with van der Waals surface area (Å²) in [5.74, 6) is -0.777. The van der Waals surface area contributed by atoms with Crippen molar-refractivity contribution in [2.24, 2.45) is 0 Å². The first kappa shape index (κ1) is 16.5. The highest BCUT2D eigenvalue weighted by Crippen LogP contribution is 2.26. The average Bonchev–Trinajstić information content (AvgIpc) is 2.68. The Morgan fingerprint density at radius 2 is 1.48 bits per heavy atom. The fourth-order valence-electron chi connectivity index (χ4n) is 2.72. The molecule has 0 fully saturated rings. The molecule has 3 aromatic rings. The lowest BCUT2D eigenvalue weighted by Gasteiger charge is -2.17. The molecular weight excluding hydrogens is 310 g/mol. The van der Waals surface area contributed by atoms with E-state index in [-0.39, 0.29) is 12.6 Å². The van der Waals surface area contributed by atoms with Gasteiger partial charge in [-0.25, -0.2) is 0 Å². The lowest BCUT2D eigenvalue weighted by atomic mass is 9.91. The average molecular weight is 327 g/mol. The van der Waals surface area contributed by atoms with Crippen molar-refractivity contribution in [2.45, 2.75) is 12.5 Å². The molecule has 0 aliphatic rings. The molecule has 3 aromatic carbocycles. The van der Waals surface area contributed by atoms with E-state index in [2.05, 4.69) is 6.07 Å². The van der Waals surface area contributed by atoms with Crippen LogP contribution in [0.3, 0.4) is 0 Å². The van der Waals surface area contributed by atoms with Gasteiger partial charge in [0.15, 0.2) is 0 Å². The molecule has 0 heterocycles. The number of benzene rings is 3. The zero-order valence-corrected chi connectivity index (χ0v) is 13.6. The van der Waals surface area contributed by atoms with Gasteiger partial charge in [-0.2, -0.15) is 5.26 Å². The van der Waals surface area contributed by atoms with Gasteiger partial charge in [-0.05, 0) is 28.8 Å². The lowest BCUT2D eigenvalue weighted by molar-refractivity contribution is -0.145. The summed E-state index contributed by atoms with van der Waals surface area (Å²) in [7, 11) is 0. The molecule has 0 spiro atoms. The molecule has 0 radical (unpaired) electrons. The number of carbonyl (C=O) groups excluding carboxylic acids is 1. The van der Waals surface area contributed by atoms with E-state index in [1.54, 1.807) is 18.2 Å². The van der Waals surface area contributed by atoms with Crippen molar-refractivity contribution in [2.75, 3.05) is 0 Å². The number of ether oxygens (including phenoxy) is 1. The molecule has 0 N–H and O–H groups in total. The number of hydrogen-bond acceptors (Lipinski definition) is 3. The first-order valence-corrected chi connectivity index (χ1v) is 8.03. The van der Waals surface area contributed by atoms with E-state index in [4.69, 9.17) is 10.00 Å². The van der Waals surface area contributed by atoms with Crippen molar-refractivity contribution in [1.82, 2.24) is 0 Å². The largest absolute Gasteiger partial charge is 0.460 e. The predicted octanol–water partition coefficient (Wildman–Crippen LogP) is 4.43. The van der Waals surface area contributed by atoms with Crippen molar-refractivity contribution < 1.29 is 9.53 Å². The van der Waals surface area contributed by atoms with Crippen LogP contribution in [0, 0.1) is 11.3 Å². The molecule has 25 heavy (non-hydrogen) atoms. The molecule has 3 nitrogen and oxygen atoms in total. The van der Waals surface area contributed by atoms with Crippen LogP contribution < -0.4 is 0 Å². The van der Waals surface area contributed by atoms with Crippen molar-refractivity contribution in [3.63, 3.8) is 0 Å². The summed E-state index contributed by atoms with van der Waals surface area (Å²) in [6.07, 6.45) is 0. The highest BCUT2D eigenvalue weighted by Gasteiger charge is 2.24. The zero-order valence-electron chi connectivity index (χ0n) is 13.6. The van der Waals surface area contributed by atoms with E-state index in [1.165, 1.54) is 0 Å². The number of hydrogen-bond donors (Lipinski definition) is 0. The van der Waals surface area contributed by atoms with Crippen LogP contribution in [0.2, 0.25) is 0 Å². The normalized spacial score (nSPS) is 10.2. The number of rotatable bonds is 5. The number of nitrogens with zero attached hydrogens (tertiary/aromatic N) is 1. The summed E-state index contributed by atoms with van der Waals surface area (Å²) in [5, 5.41) is 8.97. The second-order valence-electron chi connectivity index (χ2n) is 5.67. The molecule has 0 atom stereocenters. The van der Waals surface area contributed by atoms with Gasteiger partial charge in [-0.3, -0.25) is 4.79 Å². The molecular formula is C22H17NO2. The van der Waals surface area contributed by atoms with Crippen molar-refractivity contribution >= 4 is 5.97 Å². The molecule has 3 heteroatoms. The molecule has 0 unspecified atom stereocenters. The zero-order chi connectivity index (χ0) is 17.5. The van der Waals surface area contributed by atoms with Crippen LogP contribution in [-0.2, 0) is 16.1 Å². The molecule has 0 saturated carbocycles. The Bertz CT molecular complexity index is 843.